The number of rotatable bonds is 3. The highest BCUT2D eigenvalue weighted by atomic mass is 79.9. The van der Waals surface area contributed by atoms with Crippen molar-refractivity contribution in [1.82, 2.24) is 4.90 Å². The molecule has 1 amide bonds. The molecule has 1 heterocycles. The summed E-state index contributed by atoms with van der Waals surface area (Å²) in [6.07, 6.45) is 0. The first-order chi connectivity index (χ1) is 12.5. The van der Waals surface area contributed by atoms with E-state index in [1.165, 1.54) is 6.92 Å². The molecule has 132 valence electrons. The number of halogens is 1. The van der Waals surface area contributed by atoms with Crippen LogP contribution < -0.4 is 4.90 Å². The third-order valence-electron chi connectivity index (χ3n) is 4.52. The van der Waals surface area contributed by atoms with E-state index in [1.54, 1.807) is 18.2 Å². The summed E-state index contributed by atoms with van der Waals surface area (Å²) in [4.78, 5) is 28.1. The van der Waals surface area contributed by atoms with Crippen molar-refractivity contribution >= 4 is 33.3 Å². The van der Waals surface area contributed by atoms with Crippen molar-refractivity contribution in [2.75, 3.05) is 31.1 Å². The van der Waals surface area contributed by atoms with Gasteiger partial charge in [-0.25, -0.2) is 0 Å². The van der Waals surface area contributed by atoms with Crippen LogP contribution in [0.4, 0.5) is 5.69 Å². The van der Waals surface area contributed by atoms with Gasteiger partial charge in [0.1, 0.15) is 6.07 Å². The van der Waals surface area contributed by atoms with Crippen LogP contribution in [0.1, 0.15) is 33.2 Å². The van der Waals surface area contributed by atoms with E-state index < -0.39 is 0 Å². The van der Waals surface area contributed by atoms with Gasteiger partial charge in [0.05, 0.1) is 11.3 Å². The molecule has 2 aromatic carbocycles. The Balaban J connectivity index is 1.73. The number of piperazine rings is 1. The van der Waals surface area contributed by atoms with E-state index in [9.17, 15) is 14.9 Å². The zero-order valence-corrected chi connectivity index (χ0v) is 16.0. The summed E-state index contributed by atoms with van der Waals surface area (Å²) in [5, 5.41) is 9.36. The van der Waals surface area contributed by atoms with Crippen molar-refractivity contribution in [3.63, 3.8) is 0 Å². The molecular formula is C20H18BrN3O2. The van der Waals surface area contributed by atoms with Crippen molar-refractivity contribution in [1.29, 1.82) is 5.26 Å². The van der Waals surface area contributed by atoms with Gasteiger partial charge >= 0.3 is 0 Å². The van der Waals surface area contributed by atoms with Gasteiger partial charge in [0.2, 0.25) is 0 Å². The Hall–Kier alpha value is -2.65. The lowest BCUT2D eigenvalue weighted by Gasteiger charge is -2.36. The minimum atomic E-state index is -0.0280. The maximum atomic E-state index is 12.6. The Morgan fingerprint density at radius 2 is 1.62 bits per heavy atom. The zero-order valence-electron chi connectivity index (χ0n) is 14.4. The third kappa shape index (κ3) is 3.78. The van der Waals surface area contributed by atoms with Gasteiger partial charge in [-0.3, -0.25) is 9.59 Å². The van der Waals surface area contributed by atoms with Crippen molar-refractivity contribution in [3.05, 3.63) is 63.6 Å². The highest BCUT2D eigenvalue weighted by Gasteiger charge is 2.24. The number of benzene rings is 2. The highest BCUT2D eigenvalue weighted by Crippen LogP contribution is 2.24. The lowest BCUT2D eigenvalue weighted by atomic mass is 10.1. The van der Waals surface area contributed by atoms with Crippen LogP contribution in [0, 0.1) is 11.3 Å². The second-order valence-electron chi connectivity index (χ2n) is 6.19. The number of carbonyl (C=O) groups excluding carboxylic acids is 2. The summed E-state index contributed by atoms with van der Waals surface area (Å²) in [6, 6.07) is 14.7. The van der Waals surface area contributed by atoms with Crippen LogP contribution in [0.2, 0.25) is 0 Å². The monoisotopic (exact) mass is 411 g/mol. The number of hydrogen-bond acceptors (Lipinski definition) is 4. The molecule has 1 aliphatic heterocycles. The van der Waals surface area contributed by atoms with Gasteiger partial charge in [-0.05, 0) is 49.4 Å². The second kappa shape index (κ2) is 7.71. The van der Waals surface area contributed by atoms with Crippen LogP contribution in [0.25, 0.3) is 0 Å². The molecule has 5 nitrogen and oxygen atoms in total. The molecule has 3 rings (SSSR count). The standard InChI is InChI=1S/C20H18BrN3O2/c1-14(25)16-2-3-17(13-22)19(12-16)23-8-10-24(11-9-23)20(26)15-4-6-18(21)7-5-15/h2-7,12H,8-11H2,1H3. The Bertz CT molecular complexity index is 879. The van der Waals surface area contributed by atoms with Crippen molar-refractivity contribution in [2.45, 2.75) is 6.92 Å². The number of amides is 1. The van der Waals surface area contributed by atoms with Gasteiger partial charge < -0.3 is 9.80 Å². The van der Waals surface area contributed by atoms with E-state index >= 15 is 0 Å². The first-order valence-corrected chi connectivity index (χ1v) is 9.14. The average molecular weight is 412 g/mol. The smallest absolute Gasteiger partial charge is 0.253 e. The van der Waals surface area contributed by atoms with Crippen molar-refractivity contribution in [2.24, 2.45) is 0 Å². The molecular weight excluding hydrogens is 394 g/mol. The van der Waals surface area contributed by atoms with E-state index in [4.69, 9.17) is 0 Å². The van der Waals surface area contributed by atoms with Gasteiger partial charge in [0.15, 0.2) is 5.78 Å². The van der Waals surface area contributed by atoms with Crippen LogP contribution in [0.15, 0.2) is 46.9 Å². The van der Waals surface area contributed by atoms with Gasteiger partial charge in [-0.15, -0.1) is 0 Å². The summed E-state index contributed by atoms with van der Waals surface area (Å²) in [5.74, 6) is -0.0186. The maximum Gasteiger partial charge on any atom is 0.253 e. The average Bonchev–Trinajstić information content (AvgIpc) is 2.67. The van der Waals surface area contributed by atoms with E-state index in [2.05, 4.69) is 26.9 Å². The number of nitriles is 1. The highest BCUT2D eigenvalue weighted by molar-refractivity contribution is 9.10. The molecule has 0 radical (unpaired) electrons. The summed E-state index contributed by atoms with van der Waals surface area (Å²) >= 11 is 3.37. The van der Waals surface area contributed by atoms with Crippen LogP contribution in [0.5, 0.6) is 0 Å². The fourth-order valence-corrected chi connectivity index (χ4v) is 3.30. The SMILES string of the molecule is CC(=O)c1ccc(C#N)c(N2CCN(C(=O)c3ccc(Br)cc3)CC2)c1. The van der Waals surface area contributed by atoms with E-state index in [0.717, 1.165) is 10.2 Å². The fraction of sp³-hybridized carbons (Fsp3) is 0.250. The predicted molar refractivity (Wildman–Crippen MR) is 103 cm³/mol. The predicted octanol–water partition coefficient (Wildman–Crippen LogP) is 3.49. The Morgan fingerprint density at radius 1 is 1.00 bits per heavy atom. The van der Waals surface area contributed by atoms with Crippen LogP contribution in [-0.2, 0) is 0 Å². The fourth-order valence-electron chi connectivity index (χ4n) is 3.03. The minimum Gasteiger partial charge on any atom is -0.367 e. The van der Waals surface area contributed by atoms with Crippen molar-refractivity contribution < 1.29 is 9.59 Å². The van der Waals surface area contributed by atoms with E-state index in [0.29, 0.717) is 42.9 Å². The largest absolute Gasteiger partial charge is 0.367 e. The molecule has 2 aromatic rings. The van der Waals surface area contributed by atoms with Gasteiger partial charge in [0, 0.05) is 41.8 Å². The molecule has 0 spiro atoms. The summed E-state index contributed by atoms with van der Waals surface area (Å²) in [7, 11) is 0. The van der Waals surface area contributed by atoms with E-state index in [1.807, 2.05) is 29.2 Å². The first kappa shape index (κ1) is 18.2. The molecule has 0 unspecified atom stereocenters. The van der Waals surface area contributed by atoms with Crippen molar-refractivity contribution in [3.8, 4) is 6.07 Å². The summed E-state index contributed by atoms with van der Waals surface area (Å²) in [5.41, 5.74) is 2.56. The number of anilines is 1. The second-order valence-corrected chi connectivity index (χ2v) is 7.10. The molecule has 1 saturated heterocycles. The molecule has 0 saturated carbocycles. The molecule has 0 aliphatic carbocycles. The normalized spacial score (nSPS) is 14.0. The molecule has 0 atom stereocenters. The first-order valence-electron chi connectivity index (χ1n) is 8.34. The van der Waals surface area contributed by atoms with Crippen LogP contribution in [0.3, 0.4) is 0 Å². The number of nitrogens with zero attached hydrogens (tertiary/aromatic N) is 3. The van der Waals surface area contributed by atoms with Crippen LogP contribution >= 0.6 is 15.9 Å². The Kier molecular flexibility index (Phi) is 5.38. The summed E-state index contributed by atoms with van der Waals surface area (Å²) < 4.78 is 0.938. The molecule has 1 aliphatic rings. The maximum absolute atomic E-state index is 12.6. The quantitative estimate of drug-likeness (QED) is 0.725. The molecule has 0 aromatic heterocycles. The van der Waals surface area contributed by atoms with Gasteiger partial charge in [0.25, 0.3) is 5.91 Å². The topological polar surface area (TPSA) is 64.4 Å². The number of hydrogen-bond donors (Lipinski definition) is 0. The number of carbonyl (C=O) groups is 2. The Morgan fingerprint density at radius 3 is 2.19 bits per heavy atom. The Labute approximate surface area is 161 Å². The van der Waals surface area contributed by atoms with Gasteiger partial charge in [-0.1, -0.05) is 15.9 Å². The molecule has 1 fully saturated rings. The third-order valence-corrected chi connectivity index (χ3v) is 5.05. The zero-order chi connectivity index (χ0) is 18.7. The van der Waals surface area contributed by atoms with Gasteiger partial charge in [-0.2, -0.15) is 5.26 Å². The van der Waals surface area contributed by atoms with Crippen LogP contribution in [-0.4, -0.2) is 42.8 Å². The molecule has 26 heavy (non-hydrogen) atoms. The molecule has 0 N–H and O–H groups in total. The molecule has 0 bridgehead atoms. The number of ketones is 1. The lowest BCUT2D eigenvalue weighted by molar-refractivity contribution is 0.0746. The number of Topliss-reactive ketones (excluding diaryl/α,β-unsaturated/α-hetero) is 1. The minimum absolute atomic E-state index is 0.00939. The van der Waals surface area contributed by atoms with E-state index in [-0.39, 0.29) is 11.7 Å². The lowest BCUT2D eigenvalue weighted by Crippen LogP contribution is -2.49. The molecule has 6 heteroatoms. The summed E-state index contributed by atoms with van der Waals surface area (Å²) in [6.45, 7) is 3.91.